The molecule has 1 N–H and O–H groups in total. The maximum Gasteiger partial charge on any atom is 0.342 e. The maximum atomic E-state index is 11.8. The van der Waals surface area contributed by atoms with Gasteiger partial charge in [0, 0.05) is 17.4 Å². The van der Waals surface area contributed by atoms with Gasteiger partial charge in [-0.25, -0.2) is 4.79 Å². The number of carbonyl (C=O) groups excluding carboxylic acids is 3. The van der Waals surface area contributed by atoms with Crippen LogP contribution in [0.15, 0.2) is 22.7 Å². The van der Waals surface area contributed by atoms with Gasteiger partial charge in [-0.3, -0.25) is 14.5 Å². The maximum absolute atomic E-state index is 11.8. The second-order valence-corrected chi connectivity index (χ2v) is 5.20. The van der Waals surface area contributed by atoms with E-state index in [1.165, 1.54) is 12.1 Å². The van der Waals surface area contributed by atoms with E-state index in [2.05, 4.69) is 15.9 Å². The lowest BCUT2D eigenvalue weighted by Gasteiger charge is -2.13. The van der Waals surface area contributed by atoms with Crippen molar-refractivity contribution in [2.24, 2.45) is 0 Å². The molecule has 20 heavy (non-hydrogen) atoms. The fourth-order valence-electron chi connectivity index (χ4n) is 1.87. The van der Waals surface area contributed by atoms with E-state index >= 15 is 0 Å². The standard InChI is InChI=1S/C13H12BrNO5/c14-8-3-4-10(16)9(6-8)13(19)20-7-12(18)15-5-1-2-11(15)17/h3-4,6,16H,1-2,5,7H2. The topological polar surface area (TPSA) is 83.9 Å². The number of halogens is 1. The Morgan fingerprint density at radius 3 is 2.80 bits per heavy atom. The third-order valence-electron chi connectivity index (χ3n) is 2.88. The number of hydrogen-bond acceptors (Lipinski definition) is 5. The van der Waals surface area contributed by atoms with Crippen LogP contribution >= 0.6 is 15.9 Å². The molecule has 2 amide bonds. The third-order valence-corrected chi connectivity index (χ3v) is 3.37. The van der Waals surface area contributed by atoms with Crippen molar-refractivity contribution < 1.29 is 24.2 Å². The van der Waals surface area contributed by atoms with Gasteiger partial charge in [0.05, 0.1) is 0 Å². The van der Waals surface area contributed by atoms with Gasteiger partial charge in [0.15, 0.2) is 6.61 Å². The highest BCUT2D eigenvalue weighted by Gasteiger charge is 2.27. The van der Waals surface area contributed by atoms with E-state index in [0.29, 0.717) is 23.9 Å². The van der Waals surface area contributed by atoms with Gasteiger partial charge < -0.3 is 9.84 Å². The van der Waals surface area contributed by atoms with E-state index in [4.69, 9.17) is 4.74 Å². The Morgan fingerprint density at radius 2 is 2.15 bits per heavy atom. The van der Waals surface area contributed by atoms with E-state index in [0.717, 1.165) is 4.90 Å². The summed E-state index contributed by atoms with van der Waals surface area (Å²) in [6.45, 7) is -0.159. The number of phenolic OH excluding ortho intramolecular Hbond substituents is 1. The van der Waals surface area contributed by atoms with Crippen LogP contribution in [0.3, 0.4) is 0 Å². The first-order valence-corrected chi connectivity index (χ1v) is 6.77. The Morgan fingerprint density at radius 1 is 1.40 bits per heavy atom. The van der Waals surface area contributed by atoms with Crippen LogP contribution in [0.5, 0.6) is 5.75 Å². The van der Waals surface area contributed by atoms with Crippen LogP contribution in [-0.2, 0) is 14.3 Å². The van der Waals surface area contributed by atoms with Crippen LogP contribution in [0.25, 0.3) is 0 Å². The molecule has 0 aliphatic carbocycles. The second kappa shape index (κ2) is 6.04. The average Bonchev–Trinajstić information content (AvgIpc) is 2.84. The summed E-state index contributed by atoms with van der Waals surface area (Å²) in [6.07, 6.45) is 0.969. The van der Waals surface area contributed by atoms with Crippen molar-refractivity contribution >= 4 is 33.7 Å². The molecule has 0 atom stereocenters. The summed E-state index contributed by atoms with van der Waals surface area (Å²) in [7, 11) is 0. The Labute approximate surface area is 123 Å². The van der Waals surface area contributed by atoms with Gasteiger partial charge in [-0.1, -0.05) is 15.9 Å². The molecule has 6 nitrogen and oxygen atoms in total. The van der Waals surface area contributed by atoms with E-state index in [1.807, 2.05) is 0 Å². The van der Waals surface area contributed by atoms with Gasteiger partial charge in [-0.05, 0) is 24.6 Å². The highest BCUT2D eigenvalue weighted by Crippen LogP contribution is 2.22. The van der Waals surface area contributed by atoms with Crippen molar-refractivity contribution in [1.29, 1.82) is 0 Å². The highest BCUT2D eigenvalue weighted by atomic mass is 79.9. The SMILES string of the molecule is O=C(OCC(=O)N1CCCC1=O)c1cc(Br)ccc1O. The minimum atomic E-state index is -0.816. The van der Waals surface area contributed by atoms with Crippen LogP contribution in [0.1, 0.15) is 23.2 Å². The Balaban J connectivity index is 1.97. The molecule has 1 aliphatic rings. The van der Waals surface area contributed by atoms with Crippen molar-refractivity contribution in [2.75, 3.05) is 13.2 Å². The molecule has 0 bridgehead atoms. The Bertz CT molecular complexity index is 572. The fourth-order valence-corrected chi connectivity index (χ4v) is 2.23. The van der Waals surface area contributed by atoms with Crippen molar-refractivity contribution in [3.63, 3.8) is 0 Å². The van der Waals surface area contributed by atoms with Crippen LogP contribution in [0.2, 0.25) is 0 Å². The minimum Gasteiger partial charge on any atom is -0.507 e. The number of ether oxygens (including phenoxy) is 1. The number of imide groups is 1. The molecular formula is C13H12BrNO5. The third kappa shape index (κ3) is 3.16. The number of benzene rings is 1. The fraction of sp³-hybridized carbons (Fsp3) is 0.308. The largest absolute Gasteiger partial charge is 0.507 e. The lowest BCUT2D eigenvalue weighted by molar-refractivity contribution is -0.143. The van der Waals surface area contributed by atoms with E-state index < -0.39 is 18.5 Å². The van der Waals surface area contributed by atoms with Crippen LogP contribution in [0, 0.1) is 0 Å². The second-order valence-electron chi connectivity index (χ2n) is 4.28. The smallest absolute Gasteiger partial charge is 0.342 e. The molecule has 1 aromatic rings. The molecule has 7 heteroatoms. The zero-order valence-electron chi connectivity index (χ0n) is 10.5. The molecule has 1 aromatic carbocycles. The highest BCUT2D eigenvalue weighted by molar-refractivity contribution is 9.10. The predicted octanol–water partition coefficient (Wildman–Crippen LogP) is 1.46. The summed E-state index contributed by atoms with van der Waals surface area (Å²) in [4.78, 5) is 35.9. The monoisotopic (exact) mass is 341 g/mol. The summed E-state index contributed by atoms with van der Waals surface area (Å²) in [5, 5.41) is 9.55. The Kier molecular flexibility index (Phi) is 4.39. The first kappa shape index (κ1) is 14.5. The van der Waals surface area contributed by atoms with Crippen molar-refractivity contribution in [3.05, 3.63) is 28.2 Å². The molecular weight excluding hydrogens is 330 g/mol. The molecule has 0 saturated carbocycles. The number of likely N-dealkylation sites (tertiary alicyclic amines) is 1. The number of amides is 2. The van der Waals surface area contributed by atoms with Crippen molar-refractivity contribution in [3.8, 4) is 5.75 Å². The lowest BCUT2D eigenvalue weighted by atomic mass is 10.2. The predicted molar refractivity (Wildman–Crippen MR) is 72.0 cm³/mol. The number of esters is 1. The lowest BCUT2D eigenvalue weighted by Crippen LogP contribution is -2.35. The van der Waals surface area contributed by atoms with Gasteiger partial charge in [0.25, 0.3) is 5.91 Å². The van der Waals surface area contributed by atoms with Crippen LogP contribution in [-0.4, -0.2) is 40.9 Å². The van der Waals surface area contributed by atoms with Gasteiger partial charge in [0.2, 0.25) is 5.91 Å². The van der Waals surface area contributed by atoms with Gasteiger partial charge in [-0.2, -0.15) is 0 Å². The van der Waals surface area contributed by atoms with Crippen LogP contribution < -0.4 is 0 Å². The van der Waals surface area contributed by atoms with Gasteiger partial charge in [0.1, 0.15) is 11.3 Å². The molecule has 0 unspecified atom stereocenters. The van der Waals surface area contributed by atoms with Crippen molar-refractivity contribution in [2.45, 2.75) is 12.8 Å². The van der Waals surface area contributed by atoms with E-state index in [9.17, 15) is 19.5 Å². The molecule has 2 rings (SSSR count). The van der Waals surface area contributed by atoms with E-state index in [1.54, 1.807) is 6.07 Å². The van der Waals surface area contributed by atoms with E-state index in [-0.39, 0.29) is 17.2 Å². The zero-order chi connectivity index (χ0) is 14.7. The number of hydrogen-bond donors (Lipinski definition) is 1. The number of phenols is 1. The molecule has 106 valence electrons. The average molecular weight is 342 g/mol. The first-order chi connectivity index (χ1) is 9.49. The summed E-state index contributed by atoms with van der Waals surface area (Å²) >= 11 is 3.17. The zero-order valence-corrected chi connectivity index (χ0v) is 12.1. The normalized spacial score (nSPS) is 14.4. The summed E-state index contributed by atoms with van der Waals surface area (Å²) < 4.78 is 5.42. The van der Waals surface area contributed by atoms with Gasteiger partial charge in [-0.15, -0.1) is 0 Å². The Hall–Kier alpha value is -1.89. The number of nitrogens with zero attached hydrogens (tertiary/aromatic N) is 1. The van der Waals surface area contributed by atoms with Gasteiger partial charge >= 0.3 is 5.97 Å². The molecule has 0 radical (unpaired) electrons. The number of carbonyl (C=O) groups is 3. The molecule has 1 aliphatic heterocycles. The minimum absolute atomic E-state index is 0.0417. The summed E-state index contributed by atoms with van der Waals surface area (Å²) in [5.41, 5.74) is -0.0417. The molecule has 1 saturated heterocycles. The molecule has 0 spiro atoms. The van der Waals surface area contributed by atoms with Crippen LogP contribution in [0.4, 0.5) is 0 Å². The number of rotatable bonds is 3. The quantitative estimate of drug-likeness (QED) is 0.841. The number of aromatic hydroxyl groups is 1. The molecule has 1 fully saturated rings. The molecule has 0 aromatic heterocycles. The summed E-state index contributed by atoms with van der Waals surface area (Å²) in [6, 6.07) is 4.30. The summed E-state index contributed by atoms with van der Waals surface area (Å²) in [5.74, 6) is -1.85. The first-order valence-electron chi connectivity index (χ1n) is 5.98. The molecule has 1 heterocycles. The van der Waals surface area contributed by atoms with Crippen molar-refractivity contribution in [1.82, 2.24) is 4.90 Å².